The van der Waals surface area contributed by atoms with E-state index in [-0.39, 0.29) is 18.0 Å². The minimum absolute atomic E-state index is 0.0886. The smallest absolute Gasteiger partial charge is 0.322 e. The third-order valence-electron chi connectivity index (χ3n) is 6.07. The Kier molecular flexibility index (Phi) is 7.77. The molecule has 1 N–H and O–H groups in total. The lowest BCUT2D eigenvalue weighted by Crippen LogP contribution is -2.46. The monoisotopic (exact) mass is 449 g/mol. The highest BCUT2D eigenvalue weighted by molar-refractivity contribution is 9.10. The summed E-state index contributed by atoms with van der Waals surface area (Å²) in [6, 6.07) is 7.76. The molecular weight excluding hydrogens is 418 g/mol. The second kappa shape index (κ2) is 10.3. The number of rotatable bonds is 5. The SMILES string of the molecule is CC1CCN(C(=O)CCN(C(=O)Nc2ccc(Br)cc2)C2CCCCC2)CC1. The summed E-state index contributed by atoms with van der Waals surface area (Å²) in [5.74, 6) is 0.892. The fraction of sp³-hybridized carbons (Fsp3) is 0.636. The van der Waals surface area contributed by atoms with Crippen LogP contribution in [0.25, 0.3) is 0 Å². The Morgan fingerprint density at radius 2 is 1.71 bits per heavy atom. The van der Waals surface area contributed by atoms with Crippen molar-refractivity contribution in [1.29, 1.82) is 0 Å². The molecule has 28 heavy (non-hydrogen) atoms. The number of piperidine rings is 1. The van der Waals surface area contributed by atoms with Crippen molar-refractivity contribution in [2.45, 2.75) is 64.3 Å². The molecule has 0 bridgehead atoms. The molecule has 1 aliphatic heterocycles. The van der Waals surface area contributed by atoms with Gasteiger partial charge in [-0.2, -0.15) is 0 Å². The molecule has 2 fully saturated rings. The lowest BCUT2D eigenvalue weighted by atomic mass is 9.94. The lowest BCUT2D eigenvalue weighted by molar-refractivity contribution is -0.132. The molecule has 1 saturated heterocycles. The van der Waals surface area contributed by atoms with E-state index in [2.05, 4.69) is 28.2 Å². The standard InChI is InChI=1S/C22H32BrN3O2/c1-17-11-14-25(15-12-17)21(27)13-16-26(20-5-3-2-4-6-20)22(28)24-19-9-7-18(23)8-10-19/h7-10,17,20H,2-6,11-16H2,1H3,(H,24,28). The predicted molar refractivity (Wildman–Crippen MR) is 116 cm³/mol. The van der Waals surface area contributed by atoms with Crippen LogP contribution in [0.2, 0.25) is 0 Å². The van der Waals surface area contributed by atoms with Crippen LogP contribution >= 0.6 is 15.9 Å². The minimum Gasteiger partial charge on any atom is -0.343 e. The van der Waals surface area contributed by atoms with Crippen molar-refractivity contribution in [3.8, 4) is 0 Å². The summed E-state index contributed by atoms with van der Waals surface area (Å²) in [6.07, 6.45) is 8.20. The van der Waals surface area contributed by atoms with Crippen molar-refractivity contribution in [1.82, 2.24) is 9.80 Å². The third-order valence-corrected chi connectivity index (χ3v) is 6.60. The molecule has 3 amide bonds. The Morgan fingerprint density at radius 3 is 2.36 bits per heavy atom. The fourth-order valence-electron chi connectivity index (χ4n) is 4.20. The molecule has 1 aliphatic carbocycles. The number of halogens is 1. The largest absolute Gasteiger partial charge is 0.343 e. The Bertz CT molecular complexity index is 650. The van der Waals surface area contributed by atoms with Gasteiger partial charge in [0, 0.05) is 42.3 Å². The van der Waals surface area contributed by atoms with E-state index in [0.29, 0.717) is 18.9 Å². The average molecular weight is 450 g/mol. The molecule has 2 aliphatic rings. The second-order valence-corrected chi connectivity index (χ2v) is 9.15. The number of carbonyl (C=O) groups is 2. The van der Waals surface area contributed by atoms with E-state index in [0.717, 1.165) is 61.8 Å². The first-order valence-corrected chi connectivity index (χ1v) is 11.4. The van der Waals surface area contributed by atoms with Crippen LogP contribution in [0.5, 0.6) is 0 Å². The first-order chi connectivity index (χ1) is 13.5. The molecule has 0 radical (unpaired) electrons. The zero-order valence-electron chi connectivity index (χ0n) is 16.8. The molecule has 0 spiro atoms. The Balaban J connectivity index is 1.60. The van der Waals surface area contributed by atoms with Crippen molar-refractivity contribution >= 4 is 33.6 Å². The zero-order chi connectivity index (χ0) is 19.9. The first-order valence-electron chi connectivity index (χ1n) is 10.6. The summed E-state index contributed by atoms with van der Waals surface area (Å²) < 4.78 is 0.982. The molecular formula is C22H32BrN3O2. The van der Waals surface area contributed by atoms with Crippen LogP contribution in [0.15, 0.2) is 28.7 Å². The van der Waals surface area contributed by atoms with Gasteiger partial charge < -0.3 is 15.1 Å². The maximum Gasteiger partial charge on any atom is 0.322 e. The average Bonchev–Trinajstić information content (AvgIpc) is 2.71. The van der Waals surface area contributed by atoms with Crippen LogP contribution in [0.4, 0.5) is 10.5 Å². The van der Waals surface area contributed by atoms with Gasteiger partial charge in [-0.3, -0.25) is 4.79 Å². The van der Waals surface area contributed by atoms with Crippen molar-refractivity contribution in [2.75, 3.05) is 25.0 Å². The number of hydrogen-bond acceptors (Lipinski definition) is 2. The highest BCUT2D eigenvalue weighted by atomic mass is 79.9. The Labute approximate surface area is 177 Å². The number of nitrogens with one attached hydrogen (secondary N) is 1. The summed E-state index contributed by atoms with van der Waals surface area (Å²) in [5.41, 5.74) is 0.783. The topological polar surface area (TPSA) is 52.7 Å². The van der Waals surface area contributed by atoms with Crippen LogP contribution in [0.1, 0.15) is 58.3 Å². The van der Waals surface area contributed by atoms with Gasteiger partial charge in [-0.05, 0) is 55.9 Å². The Morgan fingerprint density at radius 1 is 1.07 bits per heavy atom. The maximum atomic E-state index is 13.0. The number of benzene rings is 1. The van der Waals surface area contributed by atoms with Crippen LogP contribution in [-0.2, 0) is 4.79 Å². The normalized spacial score (nSPS) is 18.7. The van der Waals surface area contributed by atoms with Gasteiger partial charge >= 0.3 is 6.03 Å². The number of likely N-dealkylation sites (tertiary alicyclic amines) is 1. The molecule has 6 heteroatoms. The van der Waals surface area contributed by atoms with Crippen molar-refractivity contribution < 1.29 is 9.59 Å². The molecule has 0 unspecified atom stereocenters. The first kappa shape index (κ1) is 21.2. The van der Waals surface area contributed by atoms with E-state index >= 15 is 0 Å². The highest BCUT2D eigenvalue weighted by Gasteiger charge is 2.27. The quantitative estimate of drug-likeness (QED) is 0.665. The molecule has 1 aromatic rings. The van der Waals surface area contributed by atoms with Gasteiger partial charge in [0.2, 0.25) is 5.91 Å². The van der Waals surface area contributed by atoms with Crippen LogP contribution in [-0.4, -0.2) is 47.4 Å². The van der Waals surface area contributed by atoms with Gasteiger partial charge in [0.1, 0.15) is 0 Å². The van der Waals surface area contributed by atoms with E-state index in [4.69, 9.17) is 0 Å². The molecule has 1 heterocycles. The van der Waals surface area contributed by atoms with E-state index in [1.54, 1.807) is 0 Å². The van der Waals surface area contributed by atoms with E-state index < -0.39 is 0 Å². The summed E-state index contributed by atoms with van der Waals surface area (Å²) in [7, 11) is 0. The van der Waals surface area contributed by atoms with Crippen molar-refractivity contribution in [3.05, 3.63) is 28.7 Å². The molecule has 1 aromatic carbocycles. The molecule has 1 saturated carbocycles. The predicted octanol–water partition coefficient (Wildman–Crippen LogP) is 5.26. The molecule has 5 nitrogen and oxygen atoms in total. The summed E-state index contributed by atoms with van der Waals surface area (Å²) >= 11 is 3.42. The fourth-order valence-corrected chi connectivity index (χ4v) is 4.47. The number of anilines is 1. The van der Waals surface area contributed by atoms with Crippen LogP contribution < -0.4 is 5.32 Å². The van der Waals surface area contributed by atoms with Crippen LogP contribution in [0, 0.1) is 5.92 Å². The number of nitrogens with zero attached hydrogens (tertiary/aromatic N) is 2. The molecule has 3 rings (SSSR count). The lowest BCUT2D eigenvalue weighted by Gasteiger charge is -2.35. The number of hydrogen-bond donors (Lipinski definition) is 1. The van der Waals surface area contributed by atoms with Gasteiger partial charge in [-0.25, -0.2) is 4.79 Å². The van der Waals surface area contributed by atoms with Crippen molar-refractivity contribution in [3.63, 3.8) is 0 Å². The second-order valence-electron chi connectivity index (χ2n) is 8.24. The summed E-state index contributed by atoms with van der Waals surface area (Å²) in [4.78, 5) is 29.6. The van der Waals surface area contributed by atoms with Crippen molar-refractivity contribution in [2.24, 2.45) is 5.92 Å². The summed E-state index contributed by atoms with van der Waals surface area (Å²) in [6.45, 7) is 4.46. The minimum atomic E-state index is -0.0886. The van der Waals surface area contributed by atoms with E-state index in [9.17, 15) is 9.59 Å². The maximum absolute atomic E-state index is 13.0. The van der Waals surface area contributed by atoms with E-state index in [1.165, 1.54) is 6.42 Å². The third kappa shape index (κ3) is 5.97. The summed E-state index contributed by atoms with van der Waals surface area (Å²) in [5, 5.41) is 3.02. The zero-order valence-corrected chi connectivity index (χ0v) is 18.4. The van der Waals surface area contributed by atoms with Gasteiger partial charge in [0.15, 0.2) is 0 Å². The molecule has 154 valence electrons. The molecule has 0 aromatic heterocycles. The van der Waals surface area contributed by atoms with E-state index in [1.807, 2.05) is 34.1 Å². The highest BCUT2D eigenvalue weighted by Crippen LogP contribution is 2.24. The van der Waals surface area contributed by atoms with Gasteiger partial charge in [-0.15, -0.1) is 0 Å². The van der Waals surface area contributed by atoms with Crippen LogP contribution in [0.3, 0.4) is 0 Å². The van der Waals surface area contributed by atoms with Gasteiger partial charge in [0.05, 0.1) is 0 Å². The van der Waals surface area contributed by atoms with Gasteiger partial charge in [-0.1, -0.05) is 42.1 Å². The molecule has 0 atom stereocenters. The Hall–Kier alpha value is -1.56. The number of carbonyl (C=O) groups excluding carboxylic acids is 2. The number of amides is 3. The van der Waals surface area contributed by atoms with Gasteiger partial charge in [0.25, 0.3) is 0 Å². The number of urea groups is 1.